The molecule has 12 heavy (non-hydrogen) atoms. The van der Waals surface area contributed by atoms with Crippen molar-refractivity contribution >= 4 is 0 Å². The van der Waals surface area contributed by atoms with Gasteiger partial charge >= 0.3 is 0 Å². The van der Waals surface area contributed by atoms with Crippen molar-refractivity contribution in [1.29, 1.82) is 0 Å². The van der Waals surface area contributed by atoms with Crippen molar-refractivity contribution in [3.05, 3.63) is 60.3 Å². The highest BCUT2D eigenvalue weighted by molar-refractivity contribution is 5.66. The van der Waals surface area contributed by atoms with Crippen LogP contribution in [0.25, 0.3) is 0 Å². The van der Waals surface area contributed by atoms with Gasteiger partial charge in [0.2, 0.25) is 0 Å². The summed E-state index contributed by atoms with van der Waals surface area (Å²) in [6, 6.07) is 0. The smallest absolute Gasteiger partial charge is 0.0124 e. The summed E-state index contributed by atoms with van der Waals surface area (Å²) in [6.45, 7) is 16.0. The molecule has 0 aromatic heterocycles. The fourth-order valence-corrected chi connectivity index (χ4v) is 1.91. The summed E-state index contributed by atoms with van der Waals surface area (Å²) in [7, 11) is 0. The molecule has 3 aliphatic rings. The Morgan fingerprint density at radius 3 is 2.42 bits per heavy atom. The van der Waals surface area contributed by atoms with Crippen molar-refractivity contribution in [3.63, 3.8) is 0 Å². The molecule has 0 spiro atoms. The Kier molecular flexibility index (Phi) is 1.29. The normalized spacial score (nSPS) is 28.0. The van der Waals surface area contributed by atoms with Crippen molar-refractivity contribution in [2.24, 2.45) is 5.92 Å². The number of hydrogen-bond acceptors (Lipinski definition) is 0. The molecule has 3 aliphatic carbocycles. The van der Waals surface area contributed by atoms with Crippen LogP contribution in [-0.2, 0) is 0 Å². The maximum atomic E-state index is 4.02. The highest BCUT2D eigenvalue weighted by atomic mass is 14.4. The van der Waals surface area contributed by atoms with E-state index < -0.39 is 0 Å². The molecule has 0 aromatic carbocycles. The van der Waals surface area contributed by atoms with Gasteiger partial charge in [-0.25, -0.2) is 0 Å². The van der Waals surface area contributed by atoms with E-state index in [1.807, 2.05) is 0 Å². The number of fused-ring (bicyclic) bond motifs is 3. The Balaban J connectivity index is 2.63. The largest absolute Gasteiger partial charge is 0.0952 e. The molecule has 0 heteroatoms. The van der Waals surface area contributed by atoms with Crippen molar-refractivity contribution in [2.75, 3.05) is 0 Å². The number of hydrogen-bond donors (Lipinski definition) is 0. The number of allylic oxidation sites excluding steroid dienone is 6. The zero-order valence-electron chi connectivity index (χ0n) is 7.19. The van der Waals surface area contributed by atoms with Crippen LogP contribution < -0.4 is 0 Å². The number of rotatable bonds is 0. The Morgan fingerprint density at radius 2 is 1.83 bits per heavy atom. The lowest BCUT2D eigenvalue weighted by Crippen LogP contribution is -2.21. The Morgan fingerprint density at radius 1 is 1.17 bits per heavy atom. The molecule has 1 unspecified atom stereocenters. The quantitative estimate of drug-likeness (QED) is 0.505. The lowest BCUT2D eigenvalue weighted by molar-refractivity contribution is 0.690. The average molecular weight is 156 g/mol. The third-order valence-electron chi connectivity index (χ3n) is 2.74. The molecule has 0 radical (unpaired) electrons. The van der Waals surface area contributed by atoms with Gasteiger partial charge in [0.25, 0.3) is 0 Å². The van der Waals surface area contributed by atoms with Crippen LogP contribution in [0.2, 0.25) is 0 Å². The third kappa shape index (κ3) is 0.724. The predicted molar refractivity (Wildman–Crippen MR) is 52.8 cm³/mol. The van der Waals surface area contributed by atoms with Crippen LogP contribution >= 0.6 is 0 Å². The fourth-order valence-electron chi connectivity index (χ4n) is 1.91. The lowest BCUT2D eigenvalue weighted by atomic mass is 9.68. The topological polar surface area (TPSA) is 0 Å². The van der Waals surface area contributed by atoms with Crippen LogP contribution in [0.1, 0.15) is 6.42 Å². The van der Waals surface area contributed by atoms with Gasteiger partial charge in [-0.15, -0.1) is 0 Å². The first-order valence-corrected chi connectivity index (χ1v) is 4.08. The van der Waals surface area contributed by atoms with Gasteiger partial charge in [0.05, 0.1) is 0 Å². The van der Waals surface area contributed by atoms with Crippen LogP contribution in [0.15, 0.2) is 60.3 Å². The Hall–Kier alpha value is -1.30. The Labute approximate surface area is 73.3 Å². The SMILES string of the molecule is C=C1CC2C(=C)C=C1C(=C)C2=C. The second-order valence-corrected chi connectivity index (χ2v) is 3.50. The summed E-state index contributed by atoms with van der Waals surface area (Å²) in [5.74, 6) is 0.377. The van der Waals surface area contributed by atoms with Gasteiger partial charge in [-0.05, 0) is 34.3 Å². The van der Waals surface area contributed by atoms with Gasteiger partial charge in [-0.1, -0.05) is 32.4 Å². The molecule has 0 saturated heterocycles. The summed E-state index contributed by atoms with van der Waals surface area (Å²) in [6.07, 6.45) is 3.08. The molecule has 0 aromatic rings. The van der Waals surface area contributed by atoms with Gasteiger partial charge in [0.1, 0.15) is 0 Å². The first-order chi connectivity index (χ1) is 5.61. The molecule has 1 fully saturated rings. The zero-order valence-corrected chi connectivity index (χ0v) is 7.19. The molecule has 60 valence electrons. The highest BCUT2D eigenvalue weighted by Crippen LogP contribution is 2.47. The van der Waals surface area contributed by atoms with Crippen molar-refractivity contribution in [3.8, 4) is 0 Å². The molecule has 1 atom stereocenters. The van der Waals surface area contributed by atoms with E-state index in [2.05, 4.69) is 32.4 Å². The Bertz CT molecular complexity index is 350. The second kappa shape index (κ2) is 2.10. The zero-order chi connectivity index (χ0) is 8.88. The van der Waals surface area contributed by atoms with Crippen LogP contribution in [0, 0.1) is 5.92 Å². The fraction of sp³-hybridized carbons (Fsp3) is 0.167. The molecule has 3 rings (SSSR count). The monoisotopic (exact) mass is 156 g/mol. The van der Waals surface area contributed by atoms with E-state index >= 15 is 0 Å². The van der Waals surface area contributed by atoms with E-state index in [9.17, 15) is 0 Å². The van der Waals surface area contributed by atoms with Gasteiger partial charge < -0.3 is 0 Å². The molecule has 0 amide bonds. The van der Waals surface area contributed by atoms with E-state index in [0.717, 1.165) is 28.7 Å². The van der Waals surface area contributed by atoms with E-state index in [4.69, 9.17) is 0 Å². The maximum absolute atomic E-state index is 4.02. The standard InChI is InChI=1S/C12H12/c1-7-5-12-8(2)6-11(7)9(3)10(12)4/h5,11H,1-4,6H2. The van der Waals surface area contributed by atoms with Crippen LogP contribution in [0.5, 0.6) is 0 Å². The minimum atomic E-state index is 0.377. The summed E-state index contributed by atoms with van der Waals surface area (Å²) in [4.78, 5) is 0. The van der Waals surface area contributed by atoms with Gasteiger partial charge in [-0.3, -0.25) is 0 Å². The molecule has 2 bridgehead atoms. The van der Waals surface area contributed by atoms with Crippen molar-refractivity contribution in [2.45, 2.75) is 6.42 Å². The van der Waals surface area contributed by atoms with Crippen LogP contribution in [-0.4, -0.2) is 0 Å². The first-order valence-electron chi connectivity index (χ1n) is 4.08. The van der Waals surface area contributed by atoms with Crippen molar-refractivity contribution < 1.29 is 0 Å². The van der Waals surface area contributed by atoms with E-state index in [1.165, 1.54) is 5.57 Å². The molecular formula is C12H12. The molecule has 0 heterocycles. The molecule has 1 saturated carbocycles. The summed E-state index contributed by atoms with van der Waals surface area (Å²) < 4.78 is 0. The summed E-state index contributed by atoms with van der Waals surface area (Å²) >= 11 is 0. The summed E-state index contributed by atoms with van der Waals surface area (Å²) in [5, 5.41) is 0. The van der Waals surface area contributed by atoms with Gasteiger partial charge in [0.15, 0.2) is 0 Å². The average Bonchev–Trinajstić information content (AvgIpc) is 2.03. The molecule has 0 aliphatic heterocycles. The maximum Gasteiger partial charge on any atom is 0.0124 e. The van der Waals surface area contributed by atoms with E-state index in [0.29, 0.717) is 5.92 Å². The van der Waals surface area contributed by atoms with Gasteiger partial charge in [0, 0.05) is 5.92 Å². The third-order valence-corrected chi connectivity index (χ3v) is 2.74. The summed E-state index contributed by atoms with van der Waals surface area (Å²) in [5.41, 5.74) is 5.70. The lowest BCUT2D eigenvalue weighted by Gasteiger charge is -2.36. The van der Waals surface area contributed by atoms with E-state index in [-0.39, 0.29) is 0 Å². The first kappa shape index (κ1) is 7.35. The minimum Gasteiger partial charge on any atom is -0.0952 e. The molecule has 0 nitrogen and oxygen atoms in total. The molecular weight excluding hydrogens is 144 g/mol. The van der Waals surface area contributed by atoms with Gasteiger partial charge in [-0.2, -0.15) is 0 Å². The van der Waals surface area contributed by atoms with E-state index in [1.54, 1.807) is 0 Å². The predicted octanol–water partition coefficient (Wildman–Crippen LogP) is 3.17. The minimum absolute atomic E-state index is 0.377. The van der Waals surface area contributed by atoms with Crippen molar-refractivity contribution in [1.82, 2.24) is 0 Å². The van der Waals surface area contributed by atoms with Crippen LogP contribution in [0.4, 0.5) is 0 Å². The molecule has 0 N–H and O–H groups in total. The second-order valence-electron chi connectivity index (χ2n) is 3.50. The highest BCUT2D eigenvalue weighted by Gasteiger charge is 2.31. The van der Waals surface area contributed by atoms with Crippen LogP contribution in [0.3, 0.4) is 0 Å².